The highest BCUT2D eigenvalue weighted by Crippen LogP contribution is 2.22. The molecule has 96 valence electrons. The third-order valence-corrected chi connectivity index (χ3v) is 4.06. The van der Waals surface area contributed by atoms with E-state index in [0.717, 1.165) is 22.6 Å². The zero-order valence-electron chi connectivity index (χ0n) is 10.6. The van der Waals surface area contributed by atoms with Crippen molar-refractivity contribution in [2.45, 2.75) is 12.8 Å². The quantitative estimate of drug-likeness (QED) is 0.933. The smallest absolute Gasteiger partial charge is 0.100 e. The largest absolute Gasteiger partial charge is 0.385 e. The van der Waals surface area contributed by atoms with Crippen LogP contribution in [0.2, 0.25) is 0 Å². The van der Waals surface area contributed by atoms with Crippen molar-refractivity contribution in [2.75, 3.05) is 32.0 Å². The summed E-state index contributed by atoms with van der Waals surface area (Å²) in [7, 11) is 2.18. The molecular weight excluding hydrogens is 290 g/mol. The third-order valence-electron chi connectivity index (χ3n) is 3.41. The number of benzene rings is 1. The first kappa shape index (κ1) is 13.4. The molecule has 0 aliphatic carbocycles. The Morgan fingerprint density at radius 2 is 2.39 bits per heavy atom. The highest BCUT2D eigenvalue weighted by Gasteiger charge is 2.16. The van der Waals surface area contributed by atoms with E-state index in [1.807, 2.05) is 18.2 Å². The maximum Gasteiger partial charge on any atom is 0.100 e. The SMILES string of the molecule is CN1CCCC(CNc2ccc(C#N)c(Br)c2)C1. The predicted molar refractivity (Wildman–Crippen MR) is 77.6 cm³/mol. The number of rotatable bonds is 3. The lowest BCUT2D eigenvalue weighted by atomic mass is 9.98. The molecular formula is C14H18BrN3. The second kappa shape index (κ2) is 6.21. The molecule has 0 aromatic heterocycles. The van der Waals surface area contributed by atoms with E-state index in [1.54, 1.807) is 0 Å². The number of piperidine rings is 1. The van der Waals surface area contributed by atoms with E-state index in [4.69, 9.17) is 5.26 Å². The van der Waals surface area contributed by atoms with Gasteiger partial charge in [-0.1, -0.05) is 0 Å². The summed E-state index contributed by atoms with van der Waals surface area (Å²) < 4.78 is 0.857. The van der Waals surface area contributed by atoms with Gasteiger partial charge in [-0.05, 0) is 66.5 Å². The molecule has 4 heteroatoms. The van der Waals surface area contributed by atoms with Crippen LogP contribution in [0.15, 0.2) is 22.7 Å². The van der Waals surface area contributed by atoms with Gasteiger partial charge in [0.05, 0.1) is 5.56 Å². The average Bonchev–Trinajstić information content (AvgIpc) is 2.37. The van der Waals surface area contributed by atoms with Crippen molar-refractivity contribution in [1.29, 1.82) is 5.26 Å². The van der Waals surface area contributed by atoms with E-state index in [9.17, 15) is 0 Å². The number of hydrogen-bond donors (Lipinski definition) is 1. The normalized spacial score (nSPS) is 20.4. The standard InChI is InChI=1S/C14H18BrN3/c1-18-6-2-3-11(10-18)9-17-13-5-4-12(8-16)14(15)7-13/h4-5,7,11,17H,2-3,6,9-10H2,1H3. The fourth-order valence-corrected chi connectivity index (χ4v) is 2.89. The van der Waals surface area contributed by atoms with E-state index in [0.29, 0.717) is 5.56 Å². The maximum atomic E-state index is 8.87. The molecule has 0 amide bonds. The van der Waals surface area contributed by atoms with Crippen LogP contribution in [0.4, 0.5) is 5.69 Å². The molecule has 1 atom stereocenters. The average molecular weight is 308 g/mol. The molecule has 1 heterocycles. The van der Waals surface area contributed by atoms with Crippen LogP contribution in [0, 0.1) is 17.2 Å². The van der Waals surface area contributed by atoms with Crippen molar-refractivity contribution in [1.82, 2.24) is 4.90 Å². The minimum atomic E-state index is 0.679. The summed E-state index contributed by atoms with van der Waals surface area (Å²) in [5, 5.41) is 12.3. The van der Waals surface area contributed by atoms with Gasteiger partial charge >= 0.3 is 0 Å². The Labute approximate surface area is 117 Å². The lowest BCUT2D eigenvalue weighted by Gasteiger charge is -2.30. The molecule has 1 saturated heterocycles. The molecule has 1 unspecified atom stereocenters. The Balaban J connectivity index is 1.90. The van der Waals surface area contributed by atoms with Crippen LogP contribution < -0.4 is 5.32 Å². The topological polar surface area (TPSA) is 39.1 Å². The van der Waals surface area contributed by atoms with Gasteiger partial charge in [-0.3, -0.25) is 0 Å². The van der Waals surface area contributed by atoms with Crippen molar-refractivity contribution in [3.8, 4) is 6.07 Å². The van der Waals surface area contributed by atoms with Crippen LogP contribution in [0.25, 0.3) is 0 Å². The molecule has 0 saturated carbocycles. The number of hydrogen-bond acceptors (Lipinski definition) is 3. The number of halogens is 1. The van der Waals surface area contributed by atoms with Gasteiger partial charge in [0.2, 0.25) is 0 Å². The second-order valence-corrected chi connectivity index (χ2v) is 5.81. The fourth-order valence-electron chi connectivity index (χ4n) is 2.42. The van der Waals surface area contributed by atoms with Crippen LogP contribution in [0.1, 0.15) is 18.4 Å². The van der Waals surface area contributed by atoms with Crippen LogP contribution in [-0.2, 0) is 0 Å². The first-order chi connectivity index (χ1) is 8.69. The second-order valence-electron chi connectivity index (χ2n) is 4.96. The Morgan fingerprint density at radius 1 is 1.56 bits per heavy atom. The Bertz CT molecular complexity index is 453. The minimum absolute atomic E-state index is 0.679. The molecule has 3 nitrogen and oxygen atoms in total. The Kier molecular flexibility index (Phi) is 4.62. The molecule has 1 aromatic rings. The van der Waals surface area contributed by atoms with Crippen LogP contribution in [0.5, 0.6) is 0 Å². The van der Waals surface area contributed by atoms with Crippen LogP contribution >= 0.6 is 15.9 Å². The van der Waals surface area contributed by atoms with Gasteiger partial charge in [-0.25, -0.2) is 0 Å². The summed E-state index contributed by atoms with van der Waals surface area (Å²) in [6.07, 6.45) is 2.59. The summed E-state index contributed by atoms with van der Waals surface area (Å²) >= 11 is 3.41. The summed E-state index contributed by atoms with van der Waals surface area (Å²) in [6, 6.07) is 7.94. The van der Waals surface area contributed by atoms with Crippen molar-refractivity contribution < 1.29 is 0 Å². The molecule has 1 fully saturated rings. The predicted octanol–water partition coefficient (Wildman–Crippen LogP) is 3.07. The molecule has 0 radical (unpaired) electrons. The molecule has 0 bridgehead atoms. The third kappa shape index (κ3) is 3.47. The summed E-state index contributed by atoms with van der Waals surface area (Å²) in [5.74, 6) is 0.721. The van der Waals surface area contributed by atoms with Crippen molar-refractivity contribution >= 4 is 21.6 Å². The first-order valence-electron chi connectivity index (χ1n) is 6.31. The number of anilines is 1. The molecule has 1 aliphatic rings. The number of nitriles is 1. The Hall–Kier alpha value is -1.05. The van der Waals surface area contributed by atoms with Gasteiger partial charge in [0.1, 0.15) is 6.07 Å². The molecule has 1 aromatic carbocycles. The molecule has 1 N–H and O–H groups in total. The van der Waals surface area contributed by atoms with Gasteiger partial charge < -0.3 is 10.2 Å². The molecule has 18 heavy (non-hydrogen) atoms. The molecule has 0 spiro atoms. The van der Waals surface area contributed by atoms with E-state index in [1.165, 1.54) is 25.9 Å². The Morgan fingerprint density at radius 3 is 3.06 bits per heavy atom. The highest BCUT2D eigenvalue weighted by atomic mass is 79.9. The molecule has 1 aliphatic heterocycles. The zero-order chi connectivity index (χ0) is 13.0. The highest BCUT2D eigenvalue weighted by molar-refractivity contribution is 9.10. The monoisotopic (exact) mass is 307 g/mol. The number of nitrogens with one attached hydrogen (secondary N) is 1. The lowest BCUT2D eigenvalue weighted by molar-refractivity contribution is 0.217. The van der Waals surface area contributed by atoms with Crippen LogP contribution in [0.3, 0.4) is 0 Å². The van der Waals surface area contributed by atoms with E-state index in [-0.39, 0.29) is 0 Å². The molecule has 2 rings (SSSR count). The van der Waals surface area contributed by atoms with Gasteiger partial charge in [-0.2, -0.15) is 5.26 Å². The van der Waals surface area contributed by atoms with Gasteiger partial charge in [0.25, 0.3) is 0 Å². The summed E-state index contributed by atoms with van der Waals surface area (Å²) in [6.45, 7) is 3.39. The van der Waals surface area contributed by atoms with Crippen molar-refractivity contribution in [3.63, 3.8) is 0 Å². The van der Waals surface area contributed by atoms with E-state index >= 15 is 0 Å². The summed E-state index contributed by atoms with van der Waals surface area (Å²) in [5.41, 5.74) is 1.76. The van der Waals surface area contributed by atoms with E-state index in [2.05, 4.69) is 39.3 Å². The van der Waals surface area contributed by atoms with Gasteiger partial charge in [-0.15, -0.1) is 0 Å². The first-order valence-corrected chi connectivity index (χ1v) is 7.10. The van der Waals surface area contributed by atoms with E-state index < -0.39 is 0 Å². The lowest BCUT2D eigenvalue weighted by Crippen LogP contribution is -2.35. The zero-order valence-corrected chi connectivity index (χ0v) is 12.2. The minimum Gasteiger partial charge on any atom is -0.385 e. The van der Waals surface area contributed by atoms with Crippen molar-refractivity contribution in [2.24, 2.45) is 5.92 Å². The van der Waals surface area contributed by atoms with Crippen molar-refractivity contribution in [3.05, 3.63) is 28.2 Å². The van der Waals surface area contributed by atoms with Gasteiger partial charge in [0, 0.05) is 23.2 Å². The fraction of sp³-hybridized carbons (Fsp3) is 0.500. The summed E-state index contributed by atoms with van der Waals surface area (Å²) in [4.78, 5) is 2.39. The van der Waals surface area contributed by atoms with Crippen LogP contribution in [-0.4, -0.2) is 31.6 Å². The maximum absolute atomic E-state index is 8.87. The number of nitrogens with zero attached hydrogens (tertiary/aromatic N) is 2. The number of likely N-dealkylation sites (tertiary alicyclic amines) is 1. The van der Waals surface area contributed by atoms with Gasteiger partial charge in [0.15, 0.2) is 0 Å².